The smallest absolute Gasteiger partial charge is 0.446 e. The number of nitrogens with zero attached hydrogens (tertiary/aromatic N) is 1. The van der Waals surface area contributed by atoms with E-state index in [4.69, 9.17) is 5.26 Å². The van der Waals surface area contributed by atoms with Gasteiger partial charge in [-0.2, -0.15) is 18.4 Å². The molecule has 0 saturated heterocycles. The lowest BCUT2D eigenvalue weighted by atomic mass is 10.1. The summed E-state index contributed by atoms with van der Waals surface area (Å²) in [7, 11) is 1.12. The van der Waals surface area contributed by atoms with Gasteiger partial charge in [-0.05, 0) is 29.5 Å². The number of hydrogen-bond donors (Lipinski definition) is 0. The SMILES string of the molecule is COC(=O)c1cc(C#N)cc(SC(F)(F)F)c1CBr. The summed E-state index contributed by atoms with van der Waals surface area (Å²) >= 11 is 2.67. The number of carbonyl (C=O) groups excluding carboxylic acids is 1. The quantitative estimate of drug-likeness (QED) is 0.470. The van der Waals surface area contributed by atoms with E-state index in [0.717, 1.165) is 13.2 Å². The summed E-state index contributed by atoms with van der Waals surface area (Å²) in [5, 5.41) is 8.84. The molecule has 0 aliphatic heterocycles. The second kappa shape index (κ2) is 6.30. The molecule has 8 heteroatoms. The second-order valence-corrected chi connectivity index (χ2v) is 4.95. The molecule has 0 fully saturated rings. The number of carbonyl (C=O) groups is 1. The van der Waals surface area contributed by atoms with Crippen LogP contribution < -0.4 is 0 Å². The van der Waals surface area contributed by atoms with Crippen molar-refractivity contribution in [2.24, 2.45) is 0 Å². The first-order valence-corrected chi connectivity index (χ1v) is 6.73. The van der Waals surface area contributed by atoms with E-state index in [1.165, 1.54) is 6.07 Å². The molecule has 102 valence electrons. The summed E-state index contributed by atoms with van der Waals surface area (Å²) in [5.41, 5.74) is -4.44. The number of ether oxygens (including phenoxy) is 1. The van der Waals surface area contributed by atoms with Crippen molar-refractivity contribution in [3.8, 4) is 6.07 Å². The molecule has 1 rings (SSSR count). The summed E-state index contributed by atoms with van der Waals surface area (Å²) in [6.07, 6.45) is 0. The van der Waals surface area contributed by atoms with Crippen LogP contribution in [0.3, 0.4) is 0 Å². The van der Waals surface area contributed by atoms with Crippen LogP contribution in [0.15, 0.2) is 17.0 Å². The van der Waals surface area contributed by atoms with Gasteiger partial charge in [-0.3, -0.25) is 0 Å². The number of benzene rings is 1. The van der Waals surface area contributed by atoms with Crippen LogP contribution in [0.4, 0.5) is 13.2 Å². The van der Waals surface area contributed by atoms with E-state index in [-0.39, 0.29) is 38.7 Å². The Balaban J connectivity index is 3.44. The van der Waals surface area contributed by atoms with Gasteiger partial charge in [0.05, 0.1) is 24.3 Å². The van der Waals surface area contributed by atoms with Crippen LogP contribution in [-0.2, 0) is 10.1 Å². The van der Waals surface area contributed by atoms with E-state index in [2.05, 4.69) is 20.7 Å². The highest BCUT2D eigenvalue weighted by Crippen LogP contribution is 2.40. The van der Waals surface area contributed by atoms with Gasteiger partial charge in [-0.1, -0.05) is 15.9 Å². The topological polar surface area (TPSA) is 50.1 Å². The fourth-order valence-corrected chi connectivity index (χ4v) is 2.89. The number of methoxy groups -OCH3 is 1. The van der Waals surface area contributed by atoms with E-state index in [1.807, 2.05) is 0 Å². The first-order valence-electron chi connectivity index (χ1n) is 4.79. The molecule has 19 heavy (non-hydrogen) atoms. The molecule has 0 unspecified atom stereocenters. The Morgan fingerprint density at radius 1 is 1.53 bits per heavy atom. The lowest BCUT2D eigenvalue weighted by molar-refractivity contribution is -0.0328. The van der Waals surface area contributed by atoms with Crippen molar-refractivity contribution >= 4 is 33.7 Å². The van der Waals surface area contributed by atoms with Crippen LogP contribution in [0.25, 0.3) is 0 Å². The molecule has 0 heterocycles. The molecule has 0 aliphatic carbocycles. The van der Waals surface area contributed by atoms with Crippen LogP contribution in [-0.4, -0.2) is 18.6 Å². The molecule has 0 aromatic heterocycles. The molecule has 3 nitrogen and oxygen atoms in total. The zero-order valence-corrected chi connectivity index (χ0v) is 11.9. The highest BCUT2D eigenvalue weighted by Gasteiger charge is 2.31. The van der Waals surface area contributed by atoms with Gasteiger partial charge < -0.3 is 4.74 Å². The Hall–Kier alpha value is -1.20. The minimum atomic E-state index is -4.50. The molecule has 0 N–H and O–H groups in total. The highest BCUT2D eigenvalue weighted by molar-refractivity contribution is 9.08. The van der Waals surface area contributed by atoms with Crippen LogP contribution >= 0.6 is 27.7 Å². The van der Waals surface area contributed by atoms with Crippen molar-refractivity contribution in [2.75, 3.05) is 7.11 Å². The van der Waals surface area contributed by atoms with Crippen LogP contribution in [0.2, 0.25) is 0 Å². The molecule has 1 aromatic rings. The average Bonchev–Trinajstić information content (AvgIpc) is 2.34. The van der Waals surface area contributed by atoms with Crippen molar-refractivity contribution in [3.63, 3.8) is 0 Å². The summed E-state index contributed by atoms with van der Waals surface area (Å²) < 4.78 is 41.9. The third-order valence-corrected chi connectivity index (χ3v) is 3.48. The highest BCUT2D eigenvalue weighted by atomic mass is 79.9. The number of halogens is 4. The van der Waals surface area contributed by atoms with Gasteiger partial charge in [-0.15, -0.1) is 0 Å². The number of hydrogen-bond acceptors (Lipinski definition) is 4. The second-order valence-electron chi connectivity index (χ2n) is 3.29. The predicted molar refractivity (Wildman–Crippen MR) is 67.0 cm³/mol. The van der Waals surface area contributed by atoms with Crippen LogP contribution in [0.1, 0.15) is 21.5 Å². The average molecular weight is 354 g/mol. The van der Waals surface area contributed by atoms with Crippen molar-refractivity contribution in [1.82, 2.24) is 0 Å². The maximum atomic E-state index is 12.5. The number of nitriles is 1. The zero-order chi connectivity index (χ0) is 14.6. The van der Waals surface area contributed by atoms with E-state index >= 15 is 0 Å². The summed E-state index contributed by atoms with van der Waals surface area (Å²) in [4.78, 5) is 11.3. The first-order chi connectivity index (χ1) is 8.82. The lowest BCUT2D eigenvalue weighted by Gasteiger charge is -2.13. The third kappa shape index (κ3) is 4.14. The van der Waals surface area contributed by atoms with Crippen LogP contribution in [0.5, 0.6) is 0 Å². The summed E-state index contributed by atoms with van der Waals surface area (Å²) in [5.74, 6) is -0.782. The number of thioether (sulfide) groups is 1. The van der Waals surface area contributed by atoms with Crippen molar-refractivity contribution in [3.05, 3.63) is 28.8 Å². The standard InChI is InChI=1S/C11H7BrF3NO2S/c1-18-10(17)7-2-6(5-16)3-9(8(7)4-12)19-11(13,14)15/h2-3H,4H2,1H3. The van der Waals surface area contributed by atoms with Gasteiger partial charge >= 0.3 is 11.5 Å². The van der Waals surface area contributed by atoms with Crippen molar-refractivity contribution in [2.45, 2.75) is 15.7 Å². The molecule has 1 aromatic carbocycles. The van der Waals surface area contributed by atoms with Gasteiger partial charge in [-0.25, -0.2) is 4.79 Å². The first kappa shape index (κ1) is 15.9. The Morgan fingerprint density at radius 2 is 2.16 bits per heavy atom. The molecule has 0 radical (unpaired) electrons. The lowest BCUT2D eigenvalue weighted by Crippen LogP contribution is -2.09. The molecule has 0 spiro atoms. The molecule has 0 amide bonds. The van der Waals surface area contributed by atoms with Gasteiger partial charge in [0, 0.05) is 10.2 Å². The van der Waals surface area contributed by atoms with Crippen molar-refractivity contribution < 1.29 is 22.7 Å². The molecule has 0 saturated carbocycles. The Morgan fingerprint density at radius 3 is 2.58 bits per heavy atom. The number of esters is 1. The predicted octanol–water partition coefficient (Wildman–Crippen LogP) is 3.85. The van der Waals surface area contributed by atoms with Gasteiger partial charge in [0.25, 0.3) is 0 Å². The molecule has 0 aliphatic rings. The fraction of sp³-hybridized carbons (Fsp3) is 0.273. The summed E-state index contributed by atoms with van der Waals surface area (Å²) in [6.45, 7) is 0. The molecular weight excluding hydrogens is 347 g/mol. The fourth-order valence-electron chi connectivity index (χ4n) is 1.36. The Bertz CT molecular complexity index is 540. The Labute approximate surface area is 119 Å². The largest absolute Gasteiger partial charge is 0.465 e. The maximum Gasteiger partial charge on any atom is 0.446 e. The molecular formula is C11H7BrF3NO2S. The van der Waals surface area contributed by atoms with E-state index in [0.29, 0.717) is 0 Å². The zero-order valence-electron chi connectivity index (χ0n) is 9.55. The maximum absolute atomic E-state index is 12.5. The number of rotatable bonds is 3. The monoisotopic (exact) mass is 353 g/mol. The van der Waals surface area contributed by atoms with E-state index in [9.17, 15) is 18.0 Å². The van der Waals surface area contributed by atoms with E-state index in [1.54, 1.807) is 6.07 Å². The third-order valence-electron chi connectivity index (χ3n) is 2.10. The molecule has 0 bridgehead atoms. The minimum Gasteiger partial charge on any atom is -0.465 e. The minimum absolute atomic E-state index is 0.0307. The van der Waals surface area contributed by atoms with E-state index < -0.39 is 11.5 Å². The van der Waals surface area contributed by atoms with Gasteiger partial charge in [0.15, 0.2) is 0 Å². The normalized spacial score (nSPS) is 10.9. The molecule has 0 atom stereocenters. The van der Waals surface area contributed by atoms with Crippen LogP contribution in [0, 0.1) is 11.3 Å². The van der Waals surface area contributed by atoms with Crippen molar-refractivity contribution in [1.29, 1.82) is 5.26 Å². The number of alkyl halides is 4. The Kier molecular flexibility index (Phi) is 5.26. The van der Waals surface area contributed by atoms with Gasteiger partial charge in [0.2, 0.25) is 0 Å². The summed E-state index contributed by atoms with van der Waals surface area (Å²) in [6, 6.07) is 4.03. The van der Waals surface area contributed by atoms with Gasteiger partial charge in [0.1, 0.15) is 0 Å².